The van der Waals surface area contributed by atoms with Crippen molar-refractivity contribution in [1.29, 1.82) is 0 Å². The Morgan fingerprint density at radius 3 is 2.41 bits per heavy atom. The number of hydrogen-bond acceptors (Lipinski definition) is 3. The fourth-order valence-electron chi connectivity index (χ4n) is 1.75. The van der Waals surface area contributed by atoms with Crippen LogP contribution in [0.2, 0.25) is 0 Å². The van der Waals surface area contributed by atoms with Crippen molar-refractivity contribution < 1.29 is 14.3 Å². The predicted octanol–water partition coefficient (Wildman–Crippen LogP) is 2.83. The molecule has 2 amide bonds. The fraction of sp³-hybridized carbons (Fsp3) is 0.125. The van der Waals surface area contributed by atoms with Crippen LogP contribution < -0.4 is 15.4 Å². The van der Waals surface area contributed by atoms with Gasteiger partial charge in [0.15, 0.2) is 6.61 Å². The van der Waals surface area contributed by atoms with Gasteiger partial charge in [-0.2, -0.15) is 0 Å². The lowest BCUT2D eigenvalue weighted by Gasteiger charge is -2.09. The summed E-state index contributed by atoms with van der Waals surface area (Å²) < 4.78 is 6.22. The van der Waals surface area contributed by atoms with Gasteiger partial charge in [-0.15, -0.1) is 0 Å². The molecule has 2 aromatic carbocycles. The zero-order valence-electron chi connectivity index (χ0n) is 11.9. The van der Waals surface area contributed by atoms with Crippen molar-refractivity contribution >= 4 is 33.4 Å². The number of ether oxygens (including phenoxy) is 1. The number of halogens is 1. The summed E-state index contributed by atoms with van der Waals surface area (Å²) in [4.78, 5) is 23.3. The van der Waals surface area contributed by atoms with Crippen LogP contribution in [-0.2, 0) is 4.79 Å². The Bertz CT molecular complexity index is 671. The highest BCUT2D eigenvalue weighted by Crippen LogP contribution is 2.23. The largest absolute Gasteiger partial charge is 0.483 e. The van der Waals surface area contributed by atoms with Gasteiger partial charge in [0.25, 0.3) is 11.8 Å². The number of amides is 2. The number of para-hydroxylation sites is 1. The van der Waals surface area contributed by atoms with Gasteiger partial charge < -0.3 is 15.4 Å². The Morgan fingerprint density at radius 2 is 1.77 bits per heavy atom. The van der Waals surface area contributed by atoms with Gasteiger partial charge in [0.05, 0.1) is 4.47 Å². The molecule has 2 N–H and O–H groups in total. The monoisotopic (exact) mass is 362 g/mol. The summed E-state index contributed by atoms with van der Waals surface area (Å²) in [5.74, 6) is 0.159. The van der Waals surface area contributed by atoms with Crippen LogP contribution in [0.4, 0.5) is 5.69 Å². The molecule has 0 saturated heterocycles. The van der Waals surface area contributed by atoms with Crippen LogP contribution in [0.3, 0.4) is 0 Å². The van der Waals surface area contributed by atoms with E-state index in [1.165, 1.54) is 0 Å². The molecular formula is C16H15BrN2O3. The lowest BCUT2D eigenvalue weighted by Crippen LogP contribution is -2.20. The summed E-state index contributed by atoms with van der Waals surface area (Å²) in [5, 5.41) is 5.24. The molecule has 114 valence electrons. The lowest BCUT2D eigenvalue weighted by molar-refractivity contribution is -0.118. The normalized spacial score (nSPS) is 9.91. The SMILES string of the molecule is CNC(=O)c1ccc(NC(=O)COc2ccccc2Br)cc1. The molecule has 22 heavy (non-hydrogen) atoms. The van der Waals surface area contributed by atoms with Crippen LogP contribution >= 0.6 is 15.9 Å². The standard InChI is InChI=1S/C16H15BrN2O3/c1-18-16(21)11-6-8-12(9-7-11)19-15(20)10-22-14-5-3-2-4-13(14)17/h2-9H,10H2,1H3,(H,18,21)(H,19,20). The van der Waals surface area contributed by atoms with Gasteiger partial charge in [0.2, 0.25) is 0 Å². The van der Waals surface area contributed by atoms with Crippen molar-refractivity contribution in [2.75, 3.05) is 19.0 Å². The Morgan fingerprint density at radius 1 is 1.09 bits per heavy atom. The summed E-state index contributed by atoms with van der Waals surface area (Å²) in [6, 6.07) is 13.9. The van der Waals surface area contributed by atoms with E-state index in [2.05, 4.69) is 26.6 Å². The fourth-order valence-corrected chi connectivity index (χ4v) is 2.15. The minimum atomic E-state index is -0.275. The van der Waals surface area contributed by atoms with Crippen LogP contribution in [0.1, 0.15) is 10.4 Å². The van der Waals surface area contributed by atoms with Crippen LogP contribution in [0.5, 0.6) is 5.75 Å². The molecule has 0 saturated carbocycles. The first-order valence-electron chi connectivity index (χ1n) is 6.59. The molecule has 0 aliphatic carbocycles. The highest BCUT2D eigenvalue weighted by atomic mass is 79.9. The summed E-state index contributed by atoms with van der Waals surface area (Å²) in [6.45, 7) is -0.0974. The smallest absolute Gasteiger partial charge is 0.262 e. The molecule has 2 rings (SSSR count). The van der Waals surface area contributed by atoms with Gasteiger partial charge in [0, 0.05) is 18.3 Å². The van der Waals surface area contributed by atoms with Gasteiger partial charge in [-0.05, 0) is 52.3 Å². The molecule has 0 heterocycles. The first kappa shape index (κ1) is 16.0. The molecule has 5 nitrogen and oxygen atoms in total. The van der Waals surface area contributed by atoms with Crippen LogP contribution in [-0.4, -0.2) is 25.5 Å². The maximum absolute atomic E-state index is 11.8. The van der Waals surface area contributed by atoms with E-state index in [4.69, 9.17) is 4.74 Å². The number of anilines is 1. The number of hydrogen-bond donors (Lipinski definition) is 2. The van der Waals surface area contributed by atoms with E-state index in [0.29, 0.717) is 17.0 Å². The number of carbonyl (C=O) groups excluding carboxylic acids is 2. The molecule has 0 aliphatic rings. The van der Waals surface area contributed by atoms with Crippen molar-refractivity contribution in [2.45, 2.75) is 0 Å². The molecule has 6 heteroatoms. The topological polar surface area (TPSA) is 67.4 Å². The van der Waals surface area contributed by atoms with Gasteiger partial charge >= 0.3 is 0 Å². The molecule has 0 aromatic heterocycles. The van der Waals surface area contributed by atoms with Crippen molar-refractivity contribution in [3.8, 4) is 5.75 Å². The molecule has 2 aromatic rings. The van der Waals surface area contributed by atoms with E-state index in [-0.39, 0.29) is 18.4 Å². The first-order chi connectivity index (χ1) is 10.6. The van der Waals surface area contributed by atoms with E-state index < -0.39 is 0 Å². The van der Waals surface area contributed by atoms with E-state index in [0.717, 1.165) is 4.47 Å². The van der Waals surface area contributed by atoms with Gasteiger partial charge in [-0.3, -0.25) is 9.59 Å². The summed E-state index contributed by atoms with van der Waals surface area (Å²) in [5.41, 5.74) is 1.14. The minimum absolute atomic E-state index is 0.0974. The van der Waals surface area contributed by atoms with Crippen LogP contribution in [0.15, 0.2) is 53.0 Å². The molecule has 0 radical (unpaired) electrons. The summed E-state index contributed by atoms with van der Waals surface area (Å²) in [6.07, 6.45) is 0. The number of nitrogens with one attached hydrogen (secondary N) is 2. The van der Waals surface area contributed by atoms with Crippen molar-refractivity contribution in [2.24, 2.45) is 0 Å². The second kappa shape index (κ2) is 7.61. The molecular weight excluding hydrogens is 348 g/mol. The summed E-state index contributed by atoms with van der Waals surface area (Å²) >= 11 is 3.35. The van der Waals surface area contributed by atoms with E-state index in [1.807, 2.05) is 18.2 Å². The van der Waals surface area contributed by atoms with Crippen LogP contribution in [0, 0.1) is 0 Å². The molecule has 0 fully saturated rings. The Hall–Kier alpha value is -2.34. The Labute approximate surface area is 136 Å². The third-order valence-electron chi connectivity index (χ3n) is 2.85. The lowest BCUT2D eigenvalue weighted by atomic mass is 10.2. The molecule has 0 atom stereocenters. The van der Waals surface area contributed by atoms with Crippen molar-refractivity contribution in [3.05, 3.63) is 58.6 Å². The Balaban J connectivity index is 1.89. The number of carbonyl (C=O) groups is 2. The van der Waals surface area contributed by atoms with E-state index in [9.17, 15) is 9.59 Å². The zero-order valence-corrected chi connectivity index (χ0v) is 13.5. The quantitative estimate of drug-likeness (QED) is 0.859. The summed E-state index contributed by atoms with van der Waals surface area (Å²) in [7, 11) is 1.57. The average molecular weight is 363 g/mol. The zero-order chi connectivity index (χ0) is 15.9. The van der Waals surface area contributed by atoms with Crippen LogP contribution in [0.25, 0.3) is 0 Å². The molecule has 0 aliphatic heterocycles. The maximum atomic E-state index is 11.8. The second-order valence-corrected chi connectivity index (χ2v) is 5.28. The minimum Gasteiger partial charge on any atom is -0.483 e. The maximum Gasteiger partial charge on any atom is 0.262 e. The highest BCUT2D eigenvalue weighted by molar-refractivity contribution is 9.10. The van der Waals surface area contributed by atoms with Gasteiger partial charge in [-0.25, -0.2) is 0 Å². The number of benzene rings is 2. The first-order valence-corrected chi connectivity index (χ1v) is 7.39. The van der Waals surface area contributed by atoms with Crippen molar-refractivity contribution in [1.82, 2.24) is 5.32 Å². The third-order valence-corrected chi connectivity index (χ3v) is 3.51. The average Bonchev–Trinajstić information content (AvgIpc) is 2.54. The third kappa shape index (κ3) is 4.33. The molecule has 0 bridgehead atoms. The molecule has 0 unspecified atom stereocenters. The van der Waals surface area contributed by atoms with E-state index in [1.54, 1.807) is 37.4 Å². The highest BCUT2D eigenvalue weighted by Gasteiger charge is 2.07. The number of rotatable bonds is 5. The predicted molar refractivity (Wildman–Crippen MR) is 88.1 cm³/mol. The van der Waals surface area contributed by atoms with Gasteiger partial charge in [0.1, 0.15) is 5.75 Å². The second-order valence-electron chi connectivity index (χ2n) is 4.42. The van der Waals surface area contributed by atoms with Crippen molar-refractivity contribution in [3.63, 3.8) is 0 Å². The van der Waals surface area contributed by atoms with E-state index >= 15 is 0 Å². The molecule has 0 spiro atoms. The van der Waals surface area contributed by atoms with Gasteiger partial charge in [-0.1, -0.05) is 12.1 Å². The Kier molecular flexibility index (Phi) is 5.55.